The maximum absolute atomic E-state index is 13.9. The molecule has 2 amide bonds. The molecule has 2 fully saturated rings. The Kier molecular flexibility index (Phi) is 6.45. The van der Waals surface area contributed by atoms with Gasteiger partial charge in [-0.15, -0.1) is 11.8 Å². The van der Waals surface area contributed by atoms with Gasteiger partial charge in [-0.3, -0.25) is 9.59 Å². The molecule has 4 aromatic rings. The molecule has 6 heteroatoms. The highest BCUT2D eigenvalue weighted by Crippen LogP contribution is 2.30. The van der Waals surface area contributed by atoms with Crippen LogP contribution in [0.2, 0.25) is 0 Å². The molecule has 0 saturated carbocycles. The van der Waals surface area contributed by atoms with E-state index in [0.29, 0.717) is 26.1 Å². The van der Waals surface area contributed by atoms with Crippen LogP contribution in [0, 0.1) is 0 Å². The molecular formula is C30H31N3O2S. The number of hydrogen-bond acceptors (Lipinski definition) is 3. The molecule has 0 aliphatic carbocycles. The van der Waals surface area contributed by atoms with Gasteiger partial charge in [-0.05, 0) is 53.6 Å². The number of thioether (sulfide) groups is 1. The lowest BCUT2D eigenvalue weighted by molar-refractivity contribution is -0.147. The minimum atomic E-state index is -0.356. The lowest BCUT2D eigenvalue weighted by atomic mass is 9.98. The third-order valence-electron chi connectivity index (χ3n) is 7.66. The van der Waals surface area contributed by atoms with Gasteiger partial charge in [0.2, 0.25) is 11.8 Å². The zero-order chi connectivity index (χ0) is 24.5. The smallest absolute Gasteiger partial charge is 0.245 e. The number of nitrogens with zero attached hydrogens (tertiary/aromatic N) is 2. The summed E-state index contributed by atoms with van der Waals surface area (Å²) < 4.78 is 0. The number of para-hydroxylation sites is 1. The molecule has 0 bridgehead atoms. The maximum atomic E-state index is 13.9. The average Bonchev–Trinajstić information content (AvgIpc) is 3.34. The van der Waals surface area contributed by atoms with Crippen LogP contribution in [-0.2, 0) is 22.6 Å². The molecule has 36 heavy (non-hydrogen) atoms. The number of aromatic nitrogens is 1. The largest absolute Gasteiger partial charge is 0.361 e. The fraction of sp³-hybridized carbons (Fsp3) is 0.333. The number of carbonyl (C=O) groups excluding carboxylic acids is 2. The molecular weight excluding hydrogens is 466 g/mol. The molecule has 3 aromatic carbocycles. The minimum Gasteiger partial charge on any atom is -0.361 e. The lowest BCUT2D eigenvalue weighted by Gasteiger charge is -2.38. The van der Waals surface area contributed by atoms with E-state index in [1.54, 1.807) is 11.8 Å². The van der Waals surface area contributed by atoms with Crippen LogP contribution in [0.1, 0.15) is 30.4 Å². The first-order chi connectivity index (χ1) is 17.7. The molecule has 1 N–H and O–H groups in total. The quantitative estimate of drug-likeness (QED) is 0.411. The Balaban J connectivity index is 1.29. The van der Waals surface area contributed by atoms with Crippen molar-refractivity contribution in [3.8, 4) is 0 Å². The zero-order valence-electron chi connectivity index (χ0n) is 20.4. The molecule has 5 nitrogen and oxygen atoms in total. The lowest BCUT2D eigenvalue weighted by Crippen LogP contribution is -2.54. The number of hydrogen-bond donors (Lipinski definition) is 1. The second kappa shape index (κ2) is 10.0. The van der Waals surface area contributed by atoms with E-state index < -0.39 is 0 Å². The minimum absolute atomic E-state index is 0.101. The second-order valence-electron chi connectivity index (χ2n) is 9.86. The number of amides is 2. The monoisotopic (exact) mass is 497 g/mol. The summed E-state index contributed by atoms with van der Waals surface area (Å²) in [7, 11) is 0. The third kappa shape index (κ3) is 4.39. The van der Waals surface area contributed by atoms with Crippen molar-refractivity contribution >= 4 is 45.3 Å². The Morgan fingerprint density at radius 3 is 2.56 bits per heavy atom. The molecule has 0 unspecified atom stereocenters. The zero-order valence-corrected chi connectivity index (χ0v) is 21.2. The summed E-state index contributed by atoms with van der Waals surface area (Å²) in [6, 6.07) is 22.6. The van der Waals surface area contributed by atoms with Gasteiger partial charge in [0.05, 0.1) is 5.25 Å². The van der Waals surface area contributed by atoms with Gasteiger partial charge in [0.15, 0.2) is 0 Å². The molecule has 2 aliphatic rings. The normalized spacial score (nSPS) is 21.3. The highest BCUT2D eigenvalue weighted by Gasteiger charge is 2.39. The number of rotatable bonds is 4. The van der Waals surface area contributed by atoms with Gasteiger partial charge in [-0.2, -0.15) is 0 Å². The van der Waals surface area contributed by atoms with Crippen molar-refractivity contribution in [2.75, 3.05) is 18.8 Å². The van der Waals surface area contributed by atoms with Crippen LogP contribution in [0.25, 0.3) is 21.7 Å². The van der Waals surface area contributed by atoms with Gasteiger partial charge in [0, 0.05) is 42.5 Å². The van der Waals surface area contributed by atoms with Crippen LogP contribution in [0.3, 0.4) is 0 Å². The molecule has 6 rings (SSSR count). The van der Waals surface area contributed by atoms with Crippen LogP contribution in [0.5, 0.6) is 0 Å². The fourth-order valence-corrected chi connectivity index (χ4v) is 6.96. The Morgan fingerprint density at radius 2 is 1.64 bits per heavy atom. The van der Waals surface area contributed by atoms with E-state index in [1.807, 2.05) is 34.2 Å². The van der Waals surface area contributed by atoms with E-state index >= 15 is 0 Å². The van der Waals surface area contributed by atoms with Crippen LogP contribution < -0.4 is 0 Å². The number of carbonyl (C=O) groups is 2. The Hall–Kier alpha value is -3.25. The third-order valence-corrected chi connectivity index (χ3v) is 8.85. The van der Waals surface area contributed by atoms with Crippen molar-refractivity contribution in [3.63, 3.8) is 0 Å². The van der Waals surface area contributed by atoms with E-state index in [4.69, 9.17) is 0 Å². The number of aromatic amines is 1. The first-order valence-corrected chi connectivity index (χ1v) is 14.0. The average molecular weight is 498 g/mol. The van der Waals surface area contributed by atoms with Gasteiger partial charge < -0.3 is 14.8 Å². The van der Waals surface area contributed by atoms with Crippen LogP contribution in [0.15, 0.2) is 72.9 Å². The number of benzene rings is 3. The highest BCUT2D eigenvalue weighted by atomic mass is 32.2. The van der Waals surface area contributed by atoms with Crippen molar-refractivity contribution in [1.82, 2.24) is 14.8 Å². The summed E-state index contributed by atoms with van der Waals surface area (Å²) in [5.74, 6) is 0.968. The van der Waals surface area contributed by atoms with Crippen molar-refractivity contribution < 1.29 is 9.59 Å². The van der Waals surface area contributed by atoms with E-state index in [9.17, 15) is 9.59 Å². The molecule has 2 aliphatic heterocycles. The maximum Gasteiger partial charge on any atom is 0.245 e. The Bertz CT molecular complexity index is 1410. The van der Waals surface area contributed by atoms with Gasteiger partial charge in [0.25, 0.3) is 0 Å². The molecule has 2 saturated heterocycles. The number of H-pyrrole nitrogens is 1. The topological polar surface area (TPSA) is 56.4 Å². The summed E-state index contributed by atoms with van der Waals surface area (Å²) in [5, 5.41) is 3.37. The van der Waals surface area contributed by atoms with E-state index in [1.165, 1.54) is 21.7 Å². The summed E-state index contributed by atoms with van der Waals surface area (Å²) in [6.45, 7) is 1.89. The second-order valence-corrected chi connectivity index (χ2v) is 11.2. The predicted octanol–water partition coefficient (Wildman–Crippen LogP) is 5.39. The number of nitrogens with one attached hydrogen (secondary N) is 1. The summed E-state index contributed by atoms with van der Waals surface area (Å²) in [4.78, 5) is 35.0. The molecule has 184 valence electrons. The summed E-state index contributed by atoms with van der Waals surface area (Å²) in [6.07, 6.45) is 5.41. The summed E-state index contributed by atoms with van der Waals surface area (Å²) in [5.41, 5.74) is 3.43. The first-order valence-electron chi connectivity index (χ1n) is 12.9. The standard InChI is InChI=1S/C30H31N3O2S/c34-29-27-14-5-6-15-33(27)30(35)28(18-23-19-31-26-13-4-3-12-25(23)26)36-17-16-32(29)20-22-10-7-9-21-8-1-2-11-24(21)22/h1-4,7-13,19,27-28,31H,5-6,14-18,20H2/t27-,28-/m1/s1. The van der Waals surface area contributed by atoms with E-state index in [-0.39, 0.29) is 23.1 Å². The van der Waals surface area contributed by atoms with Crippen molar-refractivity contribution in [2.24, 2.45) is 0 Å². The molecule has 0 spiro atoms. The first kappa shape index (κ1) is 23.2. The molecule has 2 atom stereocenters. The number of piperidine rings is 1. The van der Waals surface area contributed by atoms with E-state index in [0.717, 1.165) is 36.1 Å². The van der Waals surface area contributed by atoms with Gasteiger partial charge in [-0.1, -0.05) is 60.7 Å². The molecule has 0 radical (unpaired) electrons. The fourth-order valence-electron chi connectivity index (χ4n) is 5.77. The van der Waals surface area contributed by atoms with Crippen molar-refractivity contribution in [2.45, 2.75) is 43.5 Å². The SMILES string of the molecule is O=C1[C@H]2CCCCN2C(=O)[C@@H](Cc2c[nH]c3ccccc23)SCCN1Cc1cccc2ccccc12. The van der Waals surface area contributed by atoms with Gasteiger partial charge in [-0.25, -0.2) is 0 Å². The molecule has 3 heterocycles. The van der Waals surface area contributed by atoms with Crippen molar-refractivity contribution in [3.05, 3.63) is 84.1 Å². The van der Waals surface area contributed by atoms with Crippen LogP contribution >= 0.6 is 11.8 Å². The van der Waals surface area contributed by atoms with Gasteiger partial charge in [0.1, 0.15) is 6.04 Å². The van der Waals surface area contributed by atoms with Crippen LogP contribution in [-0.4, -0.2) is 56.7 Å². The van der Waals surface area contributed by atoms with E-state index in [2.05, 4.69) is 53.5 Å². The van der Waals surface area contributed by atoms with Crippen LogP contribution in [0.4, 0.5) is 0 Å². The predicted molar refractivity (Wildman–Crippen MR) is 147 cm³/mol. The number of fused-ring (bicyclic) bond motifs is 3. The molecule has 1 aromatic heterocycles. The van der Waals surface area contributed by atoms with Gasteiger partial charge >= 0.3 is 0 Å². The highest BCUT2D eigenvalue weighted by molar-refractivity contribution is 8.00. The van der Waals surface area contributed by atoms with Crippen molar-refractivity contribution in [1.29, 1.82) is 0 Å². The summed E-state index contributed by atoms with van der Waals surface area (Å²) >= 11 is 1.70. The Morgan fingerprint density at radius 1 is 0.833 bits per heavy atom. The Labute approximate surface area is 215 Å².